The Balaban J connectivity index is 0.00000169. The smallest absolute Gasteiger partial charge is 0.274 e. The van der Waals surface area contributed by atoms with Crippen molar-refractivity contribution >= 4 is 18.3 Å². The van der Waals surface area contributed by atoms with E-state index in [-0.39, 0.29) is 18.3 Å². The van der Waals surface area contributed by atoms with Crippen LogP contribution in [0.15, 0.2) is 0 Å². The minimum atomic E-state index is 0. The molecule has 1 saturated carbocycles. The molecule has 6 nitrogen and oxygen atoms in total. The molecular weight excluding hydrogens is 328 g/mol. The number of carbonyl (C=O) groups is 1. The van der Waals surface area contributed by atoms with Crippen molar-refractivity contribution in [3.63, 3.8) is 0 Å². The van der Waals surface area contributed by atoms with Gasteiger partial charge in [0.05, 0.1) is 12.2 Å². The van der Waals surface area contributed by atoms with Crippen LogP contribution in [-0.4, -0.2) is 52.8 Å². The summed E-state index contributed by atoms with van der Waals surface area (Å²) in [6.45, 7) is 3.26. The van der Waals surface area contributed by atoms with Crippen LogP contribution < -0.4 is 5.32 Å². The summed E-state index contributed by atoms with van der Waals surface area (Å²) in [5, 5.41) is 10.7. The van der Waals surface area contributed by atoms with E-state index in [4.69, 9.17) is 4.74 Å². The first-order valence-corrected chi connectivity index (χ1v) is 9.03. The zero-order chi connectivity index (χ0) is 15.6. The molecule has 3 heterocycles. The average Bonchev–Trinajstić information content (AvgIpc) is 3.24. The number of nitrogens with one attached hydrogen (secondary N) is 2. The van der Waals surface area contributed by atoms with Crippen molar-refractivity contribution in [3.05, 3.63) is 17.0 Å². The molecular formula is C17H27ClN4O2. The van der Waals surface area contributed by atoms with E-state index in [1.807, 2.05) is 4.90 Å². The Labute approximate surface area is 149 Å². The number of carbonyl (C=O) groups excluding carboxylic acids is 1. The molecule has 1 aromatic rings. The summed E-state index contributed by atoms with van der Waals surface area (Å²) >= 11 is 0. The number of aromatic nitrogens is 2. The van der Waals surface area contributed by atoms with Gasteiger partial charge in [-0.05, 0) is 25.7 Å². The van der Waals surface area contributed by atoms with Gasteiger partial charge in [-0.1, -0.05) is 12.8 Å². The van der Waals surface area contributed by atoms with Crippen molar-refractivity contribution in [1.29, 1.82) is 0 Å². The van der Waals surface area contributed by atoms with E-state index in [1.54, 1.807) is 0 Å². The van der Waals surface area contributed by atoms with E-state index in [9.17, 15) is 4.79 Å². The molecule has 1 amide bonds. The van der Waals surface area contributed by atoms with Crippen LogP contribution in [0.4, 0.5) is 0 Å². The highest BCUT2D eigenvalue weighted by molar-refractivity contribution is 5.94. The monoisotopic (exact) mass is 354 g/mol. The minimum Gasteiger partial charge on any atom is -0.375 e. The highest BCUT2D eigenvalue weighted by atomic mass is 35.5. The standard InChI is InChI=1S/C17H26N4O2.ClH/c22-17(16-14-11-18-8-5-15(14)19-20-16)21-9-6-13(7-10-21)23-12-3-1-2-4-12;/h12-13,18H,1-11H2,(H,19,20);1H. The van der Waals surface area contributed by atoms with Gasteiger partial charge in [-0.2, -0.15) is 5.10 Å². The molecule has 24 heavy (non-hydrogen) atoms. The normalized spacial score (nSPS) is 22.2. The number of rotatable bonds is 3. The predicted molar refractivity (Wildman–Crippen MR) is 93.5 cm³/mol. The largest absolute Gasteiger partial charge is 0.375 e. The van der Waals surface area contributed by atoms with Gasteiger partial charge in [-0.3, -0.25) is 9.89 Å². The Kier molecular flexibility index (Phi) is 5.79. The third kappa shape index (κ3) is 3.60. The van der Waals surface area contributed by atoms with E-state index in [0.717, 1.165) is 56.7 Å². The fourth-order valence-electron chi connectivity index (χ4n) is 4.04. The van der Waals surface area contributed by atoms with Crippen molar-refractivity contribution in [2.24, 2.45) is 0 Å². The molecule has 1 saturated heterocycles. The summed E-state index contributed by atoms with van der Waals surface area (Å²) < 4.78 is 6.19. The fourth-order valence-corrected chi connectivity index (χ4v) is 4.04. The number of H-pyrrole nitrogens is 1. The molecule has 2 aliphatic heterocycles. The first-order chi connectivity index (χ1) is 11.3. The topological polar surface area (TPSA) is 70.2 Å². The zero-order valence-corrected chi connectivity index (χ0v) is 14.9. The van der Waals surface area contributed by atoms with Gasteiger partial charge in [0.25, 0.3) is 5.91 Å². The maximum Gasteiger partial charge on any atom is 0.274 e. The van der Waals surface area contributed by atoms with Crippen LogP contribution in [0.1, 0.15) is 60.3 Å². The number of aromatic amines is 1. The van der Waals surface area contributed by atoms with Gasteiger partial charge in [-0.25, -0.2) is 0 Å². The maximum atomic E-state index is 12.8. The van der Waals surface area contributed by atoms with Crippen LogP contribution in [-0.2, 0) is 17.7 Å². The van der Waals surface area contributed by atoms with Crippen molar-refractivity contribution in [3.8, 4) is 0 Å². The summed E-state index contributed by atoms with van der Waals surface area (Å²) in [7, 11) is 0. The van der Waals surface area contributed by atoms with Crippen LogP contribution in [0.25, 0.3) is 0 Å². The van der Waals surface area contributed by atoms with Crippen LogP contribution in [0.2, 0.25) is 0 Å². The van der Waals surface area contributed by atoms with E-state index in [2.05, 4.69) is 15.5 Å². The van der Waals surface area contributed by atoms with E-state index < -0.39 is 0 Å². The highest BCUT2D eigenvalue weighted by Crippen LogP contribution is 2.26. The molecule has 0 atom stereocenters. The molecule has 0 spiro atoms. The lowest BCUT2D eigenvalue weighted by Crippen LogP contribution is -2.42. The summed E-state index contributed by atoms with van der Waals surface area (Å²) in [4.78, 5) is 14.7. The number of ether oxygens (including phenoxy) is 1. The first-order valence-electron chi connectivity index (χ1n) is 9.03. The van der Waals surface area contributed by atoms with Gasteiger partial charge < -0.3 is 15.0 Å². The molecule has 0 radical (unpaired) electrons. The molecule has 2 fully saturated rings. The van der Waals surface area contributed by atoms with Gasteiger partial charge in [0.15, 0.2) is 5.69 Å². The second kappa shape index (κ2) is 7.85. The maximum absolute atomic E-state index is 12.8. The van der Waals surface area contributed by atoms with E-state index in [0.29, 0.717) is 17.9 Å². The molecule has 1 aliphatic carbocycles. The third-order valence-electron chi connectivity index (χ3n) is 5.43. The third-order valence-corrected chi connectivity index (χ3v) is 5.43. The molecule has 7 heteroatoms. The molecule has 4 rings (SSSR count). The number of hydrogen-bond acceptors (Lipinski definition) is 4. The lowest BCUT2D eigenvalue weighted by molar-refractivity contribution is -0.0358. The molecule has 2 N–H and O–H groups in total. The van der Waals surface area contributed by atoms with Crippen molar-refractivity contribution in [2.45, 2.75) is 63.7 Å². The van der Waals surface area contributed by atoms with Gasteiger partial charge in [-0.15, -0.1) is 12.4 Å². The Bertz CT molecular complexity index is 563. The number of likely N-dealkylation sites (tertiary alicyclic amines) is 1. The van der Waals surface area contributed by atoms with Crippen molar-refractivity contribution in [1.82, 2.24) is 20.4 Å². The first kappa shape index (κ1) is 17.7. The van der Waals surface area contributed by atoms with E-state index in [1.165, 1.54) is 25.7 Å². The van der Waals surface area contributed by atoms with Gasteiger partial charge in [0.1, 0.15) is 0 Å². The summed E-state index contributed by atoms with van der Waals surface area (Å²) in [6, 6.07) is 0. The second-order valence-corrected chi connectivity index (χ2v) is 6.99. The van der Waals surface area contributed by atoms with Crippen LogP contribution in [0.5, 0.6) is 0 Å². The molecule has 0 unspecified atom stereocenters. The molecule has 3 aliphatic rings. The van der Waals surface area contributed by atoms with E-state index >= 15 is 0 Å². The number of hydrogen-bond donors (Lipinski definition) is 2. The number of halogens is 1. The second-order valence-electron chi connectivity index (χ2n) is 6.99. The summed E-state index contributed by atoms with van der Waals surface area (Å²) in [5.74, 6) is 0.0746. The Morgan fingerprint density at radius 3 is 2.58 bits per heavy atom. The SMILES string of the molecule is Cl.O=C(c1n[nH]c2c1CNCC2)N1CCC(OC2CCCC2)CC1. The Hall–Kier alpha value is -1.11. The summed E-state index contributed by atoms with van der Waals surface area (Å²) in [5.41, 5.74) is 2.79. The fraction of sp³-hybridized carbons (Fsp3) is 0.765. The van der Waals surface area contributed by atoms with Gasteiger partial charge >= 0.3 is 0 Å². The summed E-state index contributed by atoms with van der Waals surface area (Å²) in [6.07, 6.45) is 8.66. The molecule has 134 valence electrons. The highest BCUT2D eigenvalue weighted by Gasteiger charge is 2.30. The number of piperidine rings is 1. The Morgan fingerprint density at radius 1 is 1.12 bits per heavy atom. The number of fused-ring (bicyclic) bond motifs is 1. The predicted octanol–water partition coefficient (Wildman–Crippen LogP) is 2.04. The molecule has 0 aromatic carbocycles. The van der Waals surface area contributed by atoms with Crippen molar-refractivity contribution < 1.29 is 9.53 Å². The number of amides is 1. The van der Waals surface area contributed by atoms with Gasteiger partial charge in [0, 0.05) is 43.9 Å². The minimum absolute atomic E-state index is 0. The number of nitrogens with zero attached hydrogens (tertiary/aromatic N) is 2. The molecule has 0 bridgehead atoms. The van der Waals surface area contributed by atoms with Gasteiger partial charge in [0.2, 0.25) is 0 Å². The lowest BCUT2D eigenvalue weighted by atomic mass is 10.0. The van der Waals surface area contributed by atoms with Crippen LogP contribution in [0.3, 0.4) is 0 Å². The van der Waals surface area contributed by atoms with Crippen molar-refractivity contribution in [2.75, 3.05) is 19.6 Å². The zero-order valence-electron chi connectivity index (χ0n) is 14.1. The molecule has 1 aromatic heterocycles. The van der Waals surface area contributed by atoms with Crippen LogP contribution >= 0.6 is 12.4 Å². The average molecular weight is 355 g/mol. The Morgan fingerprint density at radius 2 is 1.83 bits per heavy atom. The quantitative estimate of drug-likeness (QED) is 0.871. The van der Waals surface area contributed by atoms with Crippen LogP contribution in [0, 0.1) is 0 Å². The lowest BCUT2D eigenvalue weighted by Gasteiger charge is -2.33.